The smallest absolute Gasteiger partial charge is 0.235 e. The monoisotopic (exact) mass is 662 g/mol. The molecular formula is C48H30N4. The molecule has 242 valence electrons. The van der Waals surface area contributed by atoms with Crippen LogP contribution in [-0.4, -0.2) is 19.1 Å². The minimum atomic E-state index is 0.673. The number of nitrogens with zero attached hydrogens (tertiary/aromatic N) is 4. The molecule has 3 aromatic heterocycles. The molecule has 0 amide bonds. The Labute approximate surface area is 299 Å². The van der Waals surface area contributed by atoms with Crippen LogP contribution in [0.2, 0.25) is 0 Å². The summed E-state index contributed by atoms with van der Waals surface area (Å²) in [6.45, 7) is 0. The lowest BCUT2D eigenvalue weighted by Crippen LogP contribution is -2.00. The van der Waals surface area contributed by atoms with Crippen molar-refractivity contribution in [3.63, 3.8) is 0 Å². The molecule has 0 spiro atoms. The van der Waals surface area contributed by atoms with E-state index in [1.165, 1.54) is 65.6 Å². The maximum Gasteiger partial charge on any atom is 0.235 e. The fourth-order valence-electron chi connectivity index (χ4n) is 8.14. The molecular weight excluding hydrogens is 633 g/mol. The lowest BCUT2D eigenvalue weighted by molar-refractivity contribution is 1.01. The van der Waals surface area contributed by atoms with Crippen LogP contribution in [0.3, 0.4) is 0 Å². The molecule has 3 heterocycles. The Balaban J connectivity index is 1.12. The van der Waals surface area contributed by atoms with Crippen LogP contribution in [0.1, 0.15) is 0 Å². The van der Waals surface area contributed by atoms with Crippen molar-refractivity contribution in [1.29, 1.82) is 0 Å². The summed E-state index contributed by atoms with van der Waals surface area (Å²) in [5.41, 5.74) is 11.4. The van der Waals surface area contributed by atoms with Crippen LogP contribution in [0.4, 0.5) is 0 Å². The van der Waals surface area contributed by atoms with Gasteiger partial charge >= 0.3 is 0 Å². The van der Waals surface area contributed by atoms with Gasteiger partial charge < -0.3 is 4.57 Å². The molecule has 0 radical (unpaired) electrons. The van der Waals surface area contributed by atoms with Crippen LogP contribution in [-0.2, 0) is 0 Å². The second-order valence-electron chi connectivity index (χ2n) is 13.5. The highest BCUT2D eigenvalue weighted by Gasteiger charge is 2.19. The Kier molecular flexibility index (Phi) is 6.22. The van der Waals surface area contributed by atoms with Crippen LogP contribution >= 0.6 is 0 Å². The maximum atomic E-state index is 5.04. The third kappa shape index (κ3) is 4.34. The third-order valence-corrected chi connectivity index (χ3v) is 10.5. The van der Waals surface area contributed by atoms with E-state index >= 15 is 0 Å². The van der Waals surface area contributed by atoms with E-state index in [1.54, 1.807) is 0 Å². The Hall–Kier alpha value is -7.04. The minimum absolute atomic E-state index is 0.673. The minimum Gasteiger partial charge on any atom is -0.309 e. The number of benzene rings is 8. The fourth-order valence-corrected chi connectivity index (χ4v) is 8.14. The van der Waals surface area contributed by atoms with E-state index in [4.69, 9.17) is 9.97 Å². The maximum absolute atomic E-state index is 5.04. The second kappa shape index (κ2) is 11.2. The Morgan fingerprint density at radius 1 is 0.365 bits per heavy atom. The zero-order chi connectivity index (χ0) is 34.2. The molecule has 0 unspecified atom stereocenters. The van der Waals surface area contributed by atoms with Crippen molar-refractivity contribution in [3.8, 4) is 33.9 Å². The highest BCUT2D eigenvalue weighted by molar-refractivity contribution is 6.22. The van der Waals surface area contributed by atoms with E-state index in [-0.39, 0.29) is 0 Å². The molecule has 0 saturated carbocycles. The average Bonchev–Trinajstić information content (AvgIpc) is 3.73. The summed E-state index contributed by atoms with van der Waals surface area (Å²) >= 11 is 0. The summed E-state index contributed by atoms with van der Waals surface area (Å²) in [5, 5.41) is 8.32. The molecule has 0 N–H and O–H groups in total. The topological polar surface area (TPSA) is 35.6 Å². The molecule has 0 aliphatic carbocycles. The van der Waals surface area contributed by atoms with Gasteiger partial charge in [-0.3, -0.25) is 4.57 Å². The van der Waals surface area contributed by atoms with Crippen LogP contribution in [0.25, 0.3) is 99.2 Å². The average molecular weight is 663 g/mol. The van der Waals surface area contributed by atoms with Gasteiger partial charge in [0, 0.05) is 38.8 Å². The molecule has 8 aromatic carbocycles. The largest absolute Gasteiger partial charge is 0.309 e. The SMILES string of the molecule is c1ccc(-c2cccc(-n3c4ccccc4c4cc(-c5ccc6c(c5)c5c7ccccc7ccc5n6-c5ncc6ccccc6n5)ccc43)c2)cc1. The summed E-state index contributed by atoms with van der Waals surface area (Å²) in [6.07, 6.45) is 1.92. The van der Waals surface area contributed by atoms with E-state index in [1.807, 2.05) is 18.3 Å². The van der Waals surface area contributed by atoms with Gasteiger partial charge in [0.2, 0.25) is 5.95 Å². The number of hydrogen-bond donors (Lipinski definition) is 0. The zero-order valence-corrected chi connectivity index (χ0v) is 28.1. The Bertz CT molecular complexity index is 3190. The van der Waals surface area contributed by atoms with Crippen LogP contribution in [0.15, 0.2) is 182 Å². The molecule has 0 aliphatic rings. The van der Waals surface area contributed by atoms with E-state index in [2.05, 4.69) is 173 Å². The lowest BCUT2D eigenvalue weighted by atomic mass is 9.99. The first kappa shape index (κ1) is 28.8. The van der Waals surface area contributed by atoms with Gasteiger partial charge in [-0.15, -0.1) is 0 Å². The quantitative estimate of drug-likeness (QED) is 0.188. The lowest BCUT2D eigenvalue weighted by Gasteiger charge is -2.11. The van der Waals surface area contributed by atoms with Crippen molar-refractivity contribution >= 4 is 65.3 Å². The first-order valence-electron chi connectivity index (χ1n) is 17.7. The zero-order valence-electron chi connectivity index (χ0n) is 28.1. The molecule has 0 saturated heterocycles. The number of aromatic nitrogens is 4. The number of fused-ring (bicyclic) bond motifs is 9. The highest BCUT2D eigenvalue weighted by atomic mass is 15.2. The molecule has 11 rings (SSSR count). The summed E-state index contributed by atoms with van der Waals surface area (Å²) in [5.74, 6) is 0.673. The van der Waals surface area contributed by atoms with Gasteiger partial charge in [-0.1, -0.05) is 121 Å². The molecule has 4 nitrogen and oxygen atoms in total. The molecule has 0 atom stereocenters. The number of para-hydroxylation sites is 2. The van der Waals surface area contributed by atoms with Crippen LogP contribution in [0.5, 0.6) is 0 Å². The van der Waals surface area contributed by atoms with Crippen molar-refractivity contribution in [1.82, 2.24) is 19.1 Å². The van der Waals surface area contributed by atoms with Gasteiger partial charge in [0.1, 0.15) is 0 Å². The van der Waals surface area contributed by atoms with Gasteiger partial charge in [-0.25, -0.2) is 9.97 Å². The summed E-state index contributed by atoms with van der Waals surface area (Å²) in [4.78, 5) is 9.91. The normalized spacial score (nSPS) is 11.8. The molecule has 11 aromatic rings. The number of hydrogen-bond acceptors (Lipinski definition) is 2. The van der Waals surface area contributed by atoms with Gasteiger partial charge in [0.05, 0.1) is 27.6 Å². The third-order valence-electron chi connectivity index (χ3n) is 10.5. The van der Waals surface area contributed by atoms with E-state index in [0.29, 0.717) is 5.95 Å². The van der Waals surface area contributed by atoms with E-state index < -0.39 is 0 Å². The highest BCUT2D eigenvalue weighted by Crippen LogP contribution is 2.40. The van der Waals surface area contributed by atoms with Crippen molar-refractivity contribution in [2.75, 3.05) is 0 Å². The predicted molar refractivity (Wildman–Crippen MR) is 217 cm³/mol. The van der Waals surface area contributed by atoms with E-state index in [0.717, 1.165) is 27.6 Å². The first-order chi connectivity index (χ1) is 25.8. The Morgan fingerprint density at radius 3 is 1.87 bits per heavy atom. The van der Waals surface area contributed by atoms with Crippen molar-refractivity contribution in [2.24, 2.45) is 0 Å². The van der Waals surface area contributed by atoms with Crippen molar-refractivity contribution in [3.05, 3.63) is 182 Å². The summed E-state index contributed by atoms with van der Waals surface area (Å²) in [7, 11) is 0. The van der Waals surface area contributed by atoms with Gasteiger partial charge in [0.25, 0.3) is 0 Å². The van der Waals surface area contributed by atoms with Gasteiger partial charge in [-0.05, 0) is 87.6 Å². The Morgan fingerprint density at radius 2 is 1.00 bits per heavy atom. The van der Waals surface area contributed by atoms with E-state index in [9.17, 15) is 0 Å². The predicted octanol–water partition coefficient (Wildman–Crippen LogP) is 12.3. The second-order valence-corrected chi connectivity index (χ2v) is 13.5. The molecule has 0 bridgehead atoms. The van der Waals surface area contributed by atoms with Crippen molar-refractivity contribution < 1.29 is 0 Å². The molecule has 0 aliphatic heterocycles. The van der Waals surface area contributed by atoms with Crippen LogP contribution < -0.4 is 0 Å². The number of rotatable bonds is 4. The molecule has 4 heteroatoms. The molecule has 0 fully saturated rings. The standard InChI is InChI=1S/C48H30N4/c1-2-11-31(12-3-1)33-15-10-16-37(27-33)51-43-20-9-7-18-39(43)40-28-34(22-24-44(40)51)35-23-25-45-41(29-35)47-38-17-6-4-13-32(38)21-26-46(47)52(45)48-49-30-36-14-5-8-19-42(36)50-48/h1-30H. The summed E-state index contributed by atoms with van der Waals surface area (Å²) in [6, 6.07) is 63.1. The first-order valence-corrected chi connectivity index (χ1v) is 17.7. The summed E-state index contributed by atoms with van der Waals surface area (Å²) < 4.78 is 4.61. The van der Waals surface area contributed by atoms with Gasteiger partial charge in [0.15, 0.2) is 0 Å². The fraction of sp³-hybridized carbons (Fsp3) is 0. The van der Waals surface area contributed by atoms with Crippen LogP contribution in [0, 0.1) is 0 Å². The van der Waals surface area contributed by atoms with Crippen molar-refractivity contribution in [2.45, 2.75) is 0 Å². The molecule has 52 heavy (non-hydrogen) atoms. The van der Waals surface area contributed by atoms with Gasteiger partial charge in [-0.2, -0.15) is 0 Å².